The van der Waals surface area contributed by atoms with Crippen LogP contribution in [-0.4, -0.2) is 6.04 Å². The summed E-state index contributed by atoms with van der Waals surface area (Å²) < 4.78 is 26.1. The Morgan fingerprint density at radius 1 is 1.20 bits per heavy atom. The molecule has 0 aliphatic heterocycles. The third-order valence-electron chi connectivity index (χ3n) is 2.16. The minimum atomic E-state index is -0.421. The second-order valence-corrected chi connectivity index (χ2v) is 4.30. The molecule has 1 atom stereocenters. The number of halogens is 2. The molecule has 0 saturated carbocycles. The summed E-state index contributed by atoms with van der Waals surface area (Å²) in [6, 6.07) is 3.58. The smallest absolute Gasteiger partial charge is 0.146 e. The normalized spacial score (nSPS) is 12.9. The van der Waals surface area contributed by atoms with Gasteiger partial charge in [-0.3, -0.25) is 0 Å². The van der Waals surface area contributed by atoms with E-state index < -0.39 is 11.6 Å². The largest absolute Gasteiger partial charge is 0.380 e. The lowest BCUT2D eigenvalue weighted by atomic mass is 10.1. The summed E-state index contributed by atoms with van der Waals surface area (Å²) in [5.41, 5.74) is 0.239. The molecule has 0 amide bonds. The first-order chi connectivity index (χ1) is 6.99. The van der Waals surface area contributed by atoms with Crippen molar-refractivity contribution >= 4 is 5.69 Å². The molecule has 0 bridgehead atoms. The van der Waals surface area contributed by atoms with Gasteiger partial charge in [0.25, 0.3) is 0 Å². The number of anilines is 1. The molecule has 0 aromatic heterocycles. The topological polar surface area (TPSA) is 12.0 Å². The molecule has 1 nitrogen and oxygen atoms in total. The molecule has 0 heterocycles. The van der Waals surface area contributed by atoms with Crippen LogP contribution < -0.4 is 5.32 Å². The molecule has 0 spiro atoms. The zero-order valence-corrected chi connectivity index (χ0v) is 9.35. The molecule has 1 N–H and O–H groups in total. The third-order valence-corrected chi connectivity index (χ3v) is 2.16. The van der Waals surface area contributed by atoms with Gasteiger partial charge >= 0.3 is 0 Å². The Balaban J connectivity index is 2.67. The van der Waals surface area contributed by atoms with Gasteiger partial charge in [-0.15, -0.1) is 0 Å². The van der Waals surface area contributed by atoms with Crippen molar-refractivity contribution < 1.29 is 8.78 Å². The first kappa shape index (κ1) is 12.0. The van der Waals surface area contributed by atoms with Crippen LogP contribution in [0.3, 0.4) is 0 Å². The van der Waals surface area contributed by atoms with Crippen LogP contribution in [0.25, 0.3) is 0 Å². The summed E-state index contributed by atoms with van der Waals surface area (Å²) in [7, 11) is 0. The first-order valence-corrected chi connectivity index (χ1v) is 5.20. The van der Waals surface area contributed by atoms with Crippen molar-refractivity contribution in [3.63, 3.8) is 0 Å². The van der Waals surface area contributed by atoms with E-state index in [0.29, 0.717) is 5.92 Å². The number of hydrogen-bond donors (Lipinski definition) is 1. The van der Waals surface area contributed by atoms with E-state index in [1.54, 1.807) is 0 Å². The molecule has 0 radical (unpaired) electrons. The molecule has 0 saturated heterocycles. The molecule has 0 aliphatic rings. The van der Waals surface area contributed by atoms with Gasteiger partial charge in [0.2, 0.25) is 0 Å². The Kier molecular flexibility index (Phi) is 4.06. The molecule has 3 heteroatoms. The molecule has 0 aliphatic carbocycles. The Morgan fingerprint density at radius 2 is 1.87 bits per heavy atom. The molecule has 1 rings (SSSR count). The van der Waals surface area contributed by atoms with Gasteiger partial charge in [0.15, 0.2) is 0 Å². The van der Waals surface area contributed by atoms with Crippen LogP contribution in [0.5, 0.6) is 0 Å². The van der Waals surface area contributed by atoms with E-state index in [1.807, 2.05) is 6.92 Å². The van der Waals surface area contributed by atoms with Gasteiger partial charge in [0.1, 0.15) is 11.6 Å². The van der Waals surface area contributed by atoms with E-state index in [4.69, 9.17) is 0 Å². The first-order valence-electron chi connectivity index (χ1n) is 5.20. The predicted octanol–water partition coefficient (Wildman–Crippen LogP) is 3.81. The second-order valence-electron chi connectivity index (χ2n) is 4.30. The zero-order valence-electron chi connectivity index (χ0n) is 9.35. The van der Waals surface area contributed by atoms with Crippen LogP contribution in [0.2, 0.25) is 0 Å². The lowest BCUT2D eigenvalue weighted by Crippen LogP contribution is -2.18. The van der Waals surface area contributed by atoms with Gasteiger partial charge in [-0.05, 0) is 37.5 Å². The van der Waals surface area contributed by atoms with Crippen LogP contribution in [0.4, 0.5) is 14.5 Å². The van der Waals surface area contributed by atoms with Gasteiger partial charge < -0.3 is 5.32 Å². The quantitative estimate of drug-likeness (QED) is 0.801. The molecule has 1 aromatic carbocycles. The molecule has 0 fully saturated rings. The van der Waals surface area contributed by atoms with Crippen LogP contribution in [0.15, 0.2) is 18.2 Å². The fraction of sp³-hybridized carbons (Fsp3) is 0.500. The van der Waals surface area contributed by atoms with E-state index in [9.17, 15) is 8.78 Å². The summed E-state index contributed by atoms with van der Waals surface area (Å²) in [4.78, 5) is 0. The Bertz CT molecular complexity index is 323. The van der Waals surface area contributed by atoms with Crippen LogP contribution in [0.1, 0.15) is 27.2 Å². The summed E-state index contributed by atoms with van der Waals surface area (Å²) in [6.45, 7) is 6.16. The van der Waals surface area contributed by atoms with Crippen molar-refractivity contribution in [2.45, 2.75) is 33.2 Å². The Morgan fingerprint density at radius 3 is 2.47 bits per heavy atom. The fourth-order valence-corrected chi connectivity index (χ4v) is 1.64. The van der Waals surface area contributed by atoms with Gasteiger partial charge in [-0.1, -0.05) is 13.8 Å². The average molecular weight is 213 g/mol. The SMILES string of the molecule is CC(C)CC(C)Nc1cc(F)ccc1F. The zero-order chi connectivity index (χ0) is 11.4. The number of benzene rings is 1. The molecule has 1 aromatic rings. The van der Waals surface area contributed by atoms with Crippen molar-refractivity contribution in [1.82, 2.24) is 0 Å². The second kappa shape index (κ2) is 5.10. The number of nitrogens with one attached hydrogen (secondary N) is 1. The molecule has 84 valence electrons. The summed E-state index contributed by atoms with van der Waals surface area (Å²) in [5.74, 6) is -0.299. The maximum absolute atomic E-state index is 13.2. The third kappa shape index (κ3) is 3.86. The maximum atomic E-state index is 13.2. The Hall–Kier alpha value is -1.12. The highest BCUT2D eigenvalue weighted by Crippen LogP contribution is 2.18. The van der Waals surface area contributed by atoms with Crippen molar-refractivity contribution in [2.24, 2.45) is 5.92 Å². The van der Waals surface area contributed by atoms with Crippen molar-refractivity contribution in [3.8, 4) is 0 Å². The summed E-state index contributed by atoms with van der Waals surface area (Å²) >= 11 is 0. The minimum Gasteiger partial charge on any atom is -0.380 e. The van der Waals surface area contributed by atoms with Crippen molar-refractivity contribution in [1.29, 1.82) is 0 Å². The number of hydrogen-bond acceptors (Lipinski definition) is 1. The minimum absolute atomic E-state index is 0.140. The van der Waals surface area contributed by atoms with E-state index in [1.165, 1.54) is 6.07 Å². The standard InChI is InChI=1S/C12H17F2N/c1-8(2)6-9(3)15-12-7-10(13)4-5-11(12)14/h4-5,7-9,15H,6H2,1-3H3. The van der Waals surface area contributed by atoms with Crippen molar-refractivity contribution in [2.75, 3.05) is 5.32 Å². The highest BCUT2D eigenvalue weighted by atomic mass is 19.1. The summed E-state index contributed by atoms with van der Waals surface area (Å²) in [6.07, 6.45) is 0.927. The van der Waals surface area contributed by atoms with Gasteiger partial charge in [0.05, 0.1) is 5.69 Å². The summed E-state index contributed by atoms with van der Waals surface area (Å²) in [5, 5.41) is 2.97. The molecular formula is C12H17F2N. The van der Waals surface area contributed by atoms with Gasteiger partial charge in [0, 0.05) is 6.04 Å². The molecule has 15 heavy (non-hydrogen) atoms. The molecular weight excluding hydrogens is 196 g/mol. The van der Waals surface area contributed by atoms with E-state index in [2.05, 4.69) is 19.2 Å². The predicted molar refractivity (Wildman–Crippen MR) is 58.9 cm³/mol. The van der Waals surface area contributed by atoms with E-state index in [0.717, 1.165) is 18.6 Å². The van der Waals surface area contributed by atoms with Gasteiger partial charge in [-0.25, -0.2) is 8.78 Å². The number of rotatable bonds is 4. The lowest BCUT2D eigenvalue weighted by molar-refractivity contribution is 0.534. The van der Waals surface area contributed by atoms with Crippen molar-refractivity contribution in [3.05, 3.63) is 29.8 Å². The average Bonchev–Trinajstić information content (AvgIpc) is 2.10. The maximum Gasteiger partial charge on any atom is 0.146 e. The van der Waals surface area contributed by atoms with E-state index in [-0.39, 0.29) is 11.7 Å². The monoisotopic (exact) mass is 213 g/mol. The lowest BCUT2D eigenvalue weighted by Gasteiger charge is -2.17. The fourth-order valence-electron chi connectivity index (χ4n) is 1.64. The molecule has 1 unspecified atom stereocenters. The Labute approximate surface area is 89.5 Å². The van der Waals surface area contributed by atoms with E-state index >= 15 is 0 Å². The van der Waals surface area contributed by atoms with Crippen LogP contribution in [0, 0.1) is 17.6 Å². The van der Waals surface area contributed by atoms with Crippen LogP contribution >= 0.6 is 0 Å². The van der Waals surface area contributed by atoms with Gasteiger partial charge in [-0.2, -0.15) is 0 Å². The highest BCUT2D eigenvalue weighted by molar-refractivity contribution is 5.45. The van der Waals surface area contributed by atoms with Crippen LogP contribution in [-0.2, 0) is 0 Å². The highest BCUT2D eigenvalue weighted by Gasteiger charge is 2.08.